The summed E-state index contributed by atoms with van der Waals surface area (Å²) in [7, 11) is 1.66. The fourth-order valence-corrected chi connectivity index (χ4v) is 3.79. The van der Waals surface area contributed by atoms with Crippen molar-refractivity contribution in [2.24, 2.45) is 0 Å². The summed E-state index contributed by atoms with van der Waals surface area (Å²) >= 11 is 1.52. The van der Waals surface area contributed by atoms with Crippen LogP contribution in [0.15, 0.2) is 36.4 Å². The highest BCUT2D eigenvalue weighted by Crippen LogP contribution is 2.24. The number of carbonyl (C=O) groups excluding carboxylic acids is 1. The lowest BCUT2D eigenvalue weighted by Crippen LogP contribution is -2.43. The molecule has 1 atom stereocenters. The lowest BCUT2D eigenvalue weighted by atomic mass is 10.0. The minimum absolute atomic E-state index is 0.00938. The summed E-state index contributed by atoms with van der Waals surface area (Å²) in [6.45, 7) is 5.77. The average molecular weight is 360 g/mol. The summed E-state index contributed by atoms with van der Waals surface area (Å²) in [5.41, 5.74) is 1.17. The SMILES string of the molecule is COc1ccc([C@H](CNC(=O)c2ccc(C)s2)N2CCOCC2)cc1. The van der Waals surface area contributed by atoms with Crippen LogP contribution in [0.25, 0.3) is 0 Å². The number of morpholine rings is 1. The Morgan fingerprint density at radius 1 is 1.24 bits per heavy atom. The van der Waals surface area contributed by atoms with Crippen LogP contribution in [-0.2, 0) is 4.74 Å². The van der Waals surface area contributed by atoms with Gasteiger partial charge in [0.25, 0.3) is 5.91 Å². The van der Waals surface area contributed by atoms with Gasteiger partial charge in [-0.05, 0) is 36.8 Å². The molecule has 1 amide bonds. The minimum atomic E-state index is -0.00938. The largest absolute Gasteiger partial charge is 0.497 e. The second-order valence-electron chi connectivity index (χ2n) is 6.06. The molecule has 0 spiro atoms. The van der Waals surface area contributed by atoms with Crippen LogP contribution >= 0.6 is 11.3 Å². The van der Waals surface area contributed by atoms with Crippen LogP contribution in [0.2, 0.25) is 0 Å². The zero-order valence-electron chi connectivity index (χ0n) is 14.7. The molecule has 134 valence electrons. The predicted molar refractivity (Wildman–Crippen MR) is 99.5 cm³/mol. The highest BCUT2D eigenvalue weighted by Gasteiger charge is 2.23. The number of ether oxygens (including phenoxy) is 2. The third-order valence-corrected chi connectivity index (χ3v) is 5.41. The Morgan fingerprint density at radius 3 is 2.56 bits per heavy atom. The third-order valence-electron chi connectivity index (χ3n) is 4.41. The summed E-state index contributed by atoms with van der Waals surface area (Å²) in [5.74, 6) is 0.826. The normalized spacial score (nSPS) is 16.4. The van der Waals surface area contributed by atoms with Gasteiger partial charge in [0.2, 0.25) is 0 Å². The summed E-state index contributed by atoms with van der Waals surface area (Å²) in [6.07, 6.45) is 0. The Hall–Kier alpha value is -1.89. The Kier molecular flexibility index (Phi) is 6.07. The second-order valence-corrected chi connectivity index (χ2v) is 7.35. The molecule has 0 unspecified atom stereocenters. The molecule has 0 aliphatic carbocycles. The Labute approximate surface area is 152 Å². The maximum atomic E-state index is 12.4. The first kappa shape index (κ1) is 17.9. The Bertz CT molecular complexity index is 693. The van der Waals surface area contributed by atoms with Crippen molar-refractivity contribution >= 4 is 17.2 Å². The van der Waals surface area contributed by atoms with Gasteiger partial charge in [-0.3, -0.25) is 9.69 Å². The number of amides is 1. The van der Waals surface area contributed by atoms with Gasteiger partial charge in [0.15, 0.2) is 0 Å². The van der Waals surface area contributed by atoms with Gasteiger partial charge in [-0.25, -0.2) is 0 Å². The van der Waals surface area contributed by atoms with E-state index in [0.717, 1.165) is 41.8 Å². The van der Waals surface area contributed by atoms with Crippen LogP contribution < -0.4 is 10.1 Å². The number of carbonyl (C=O) groups is 1. The zero-order chi connectivity index (χ0) is 17.6. The van der Waals surface area contributed by atoms with E-state index in [0.29, 0.717) is 6.54 Å². The summed E-state index contributed by atoms with van der Waals surface area (Å²) in [6, 6.07) is 12.1. The molecule has 1 aliphatic rings. The molecule has 1 saturated heterocycles. The molecular weight excluding hydrogens is 336 g/mol. The van der Waals surface area contributed by atoms with Crippen LogP contribution in [-0.4, -0.2) is 50.8 Å². The topological polar surface area (TPSA) is 50.8 Å². The highest BCUT2D eigenvalue weighted by atomic mass is 32.1. The monoisotopic (exact) mass is 360 g/mol. The van der Waals surface area contributed by atoms with E-state index < -0.39 is 0 Å². The molecule has 2 aromatic rings. The fraction of sp³-hybridized carbons (Fsp3) is 0.421. The number of hydrogen-bond acceptors (Lipinski definition) is 5. The van der Waals surface area contributed by atoms with E-state index in [4.69, 9.17) is 9.47 Å². The fourth-order valence-electron chi connectivity index (χ4n) is 3.01. The van der Waals surface area contributed by atoms with Crippen LogP contribution in [0.4, 0.5) is 0 Å². The quantitative estimate of drug-likeness (QED) is 0.861. The molecule has 3 rings (SSSR count). The number of benzene rings is 1. The molecule has 0 radical (unpaired) electrons. The number of hydrogen-bond donors (Lipinski definition) is 1. The van der Waals surface area contributed by atoms with Crippen LogP contribution in [0.5, 0.6) is 5.75 Å². The molecule has 1 aromatic carbocycles. The van der Waals surface area contributed by atoms with E-state index in [2.05, 4.69) is 22.3 Å². The average Bonchev–Trinajstić information content (AvgIpc) is 3.10. The standard InChI is InChI=1S/C19H24N2O3S/c1-14-3-8-18(25-14)19(22)20-13-17(21-9-11-24-12-10-21)15-4-6-16(23-2)7-5-15/h3-8,17H,9-13H2,1-2H3,(H,20,22)/t17-/m0/s1. The van der Waals surface area contributed by atoms with Crippen LogP contribution in [0.1, 0.15) is 26.2 Å². The predicted octanol–water partition coefficient (Wildman–Crippen LogP) is 2.87. The van der Waals surface area contributed by atoms with Gasteiger partial charge >= 0.3 is 0 Å². The van der Waals surface area contributed by atoms with Gasteiger partial charge in [-0.1, -0.05) is 12.1 Å². The zero-order valence-corrected chi connectivity index (χ0v) is 15.5. The number of nitrogens with zero attached hydrogens (tertiary/aromatic N) is 1. The maximum absolute atomic E-state index is 12.4. The molecule has 5 nitrogen and oxygen atoms in total. The highest BCUT2D eigenvalue weighted by molar-refractivity contribution is 7.13. The van der Waals surface area contributed by atoms with E-state index in [-0.39, 0.29) is 11.9 Å². The molecule has 0 saturated carbocycles. The molecule has 1 fully saturated rings. The van der Waals surface area contributed by atoms with Gasteiger partial charge in [0.1, 0.15) is 5.75 Å². The molecule has 2 heterocycles. The van der Waals surface area contributed by atoms with E-state index in [1.807, 2.05) is 31.2 Å². The number of rotatable bonds is 6. The molecule has 1 N–H and O–H groups in total. The van der Waals surface area contributed by atoms with Gasteiger partial charge in [-0.15, -0.1) is 11.3 Å². The van der Waals surface area contributed by atoms with E-state index in [1.54, 1.807) is 7.11 Å². The molecule has 1 aromatic heterocycles. The van der Waals surface area contributed by atoms with Crippen molar-refractivity contribution in [1.29, 1.82) is 0 Å². The smallest absolute Gasteiger partial charge is 0.261 e. The molecule has 0 bridgehead atoms. The first-order valence-electron chi connectivity index (χ1n) is 8.48. The summed E-state index contributed by atoms with van der Waals surface area (Å²) in [5, 5.41) is 3.09. The van der Waals surface area contributed by atoms with Gasteiger partial charge in [0, 0.05) is 24.5 Å². The van der Waals surface area contributed by atoms with Crippen LogP contribution in [0.3, 0.4) is 0 Å². The number of nitrogens with one attached hydrogen (secondary N) is 1. The second kappa shape index (κ2) is 8.47. The number of thiophene rings is 1. The first-order chi connectivity index (χ1) is 12.2. The van der Waals surface area contributed by atoms with Crippen molar-refractivity contribution in [3.05, 3.63) is 51.7 Å². The Morgan fingerprint density at radius 2 is 1.96 bits per heavy atom. The summed E-state index contributed by atoms with van der Waals surface area (Å²) < 4.78 is 10.7. The summed E-state index contributed by atoms with van der Waals surface area (Å²) in [4.78, 5) is 16.7. The number of aryl methyl sites for hydroxylation is 1. The van der Waals surface area contributed by atoms with E-state index >= 15 is 0 Å². The molecule has 6 heteroatoms. The van der Waals surface area contributed by atoms with Gasteiger partial charge < -0.3 is 14.8 Å². The molecule has 25 heavy (non-hydrogen) atoms. The lowest BCUT2D eigenvalue weighted by molar-refractivity contribution is 0.0162. The maximum Gasteiger partial charge on any atom is 0.261 e. The van der Waals surface area contributed by atoms with Crippen molar-refractivity contribution in [2.45, 2.75) is 13.0 Å². The van der Waals surface area contributed by atoms with E-state index in [9.17, 15) is 4.79 Å². The lowest BCUT2D eigenvalue weighted by Gasteiger charge is -2.35. The van der Waals surface area contributed by atoms with Gasteiger partial charge in [0.05, 0.1) is 31.2 Å². The molecular formula is C19H24N2O3S. The minimum Gasteiger partial charge on any atom is -0.497 e. The third kappa shape index (κ3) is 4.60. The Balaban J connectivity index is 1.72. The van der Waals surface area contributed by atoms with E-state index in [1.165, 1.54) is 16.9 Å². The van der Waals surface area contributed by atoms with Crippen molar-refractivity contribution in [3.63, 3.8) is 0 Å². The van der Waals surface area contributed by atoms with Crippen molar-refractivity contribution < 1.29 is 14.3 Å². The van der Waals surface area contributed by atoms with Crippen LogP contribution in [0, 0.1) is 6.92 Å². The molecule has 1 aliphatic heterocycles. The first-order valence-corrected chi connectivity index (χ1v) is 9.29. The number of methoxy groups -OCH3 is 1. The van der Waals surface area contributed by atoms with Gasteiger partial charge in [-0.2, -0.15) is 0 Å². The van der Waals surface area contributed by atoms with Crippen molar-refractivity contribution in [2.75, 3.05) is 40.0 Å². The van der Waals surface area contributed by atoms with Crippen molar-refractivity contribution in [3.8, 4) is 5.75 Å². The van der Waals surface area contributed by atoms with Crippen molar-refractivity contribution in [1.82, 2.24) is 10.2 Å².